The number of rotatable bonds is 5. The third kappa shape index (κ3) is 8.27. The summed E-state index contributed by atoms with van der Waals surface area (Å²) in [4.78, 5) is 2.17. The molecule has 0 aromatic heterocycles. The Bertz CT molecular complexity index is 59.0. The van der Waals surface area contributed by atoms with Crippen molar-refractivity contribution in [2.75, 3.05) is 39.4 Å². The van der Waals surface area contributed by atoms with Gasteiger partial charge in [-0.15, -0.1) is 11.8 Å². The van der Waals surface area contributed by atoms with Gasteiger partial charge in [-0.2, -0.15) is 0 Å². The summed E-state index contributed by atoms with van der Waals surface area (Å²) in [5, 5.41) is 0. The van der Waals surface area contributed by atoms with E-state index in [9.17, 15) is 0 Å². The minimum atomic E-state index is 0.813. The highest BCUT2D eigenvalue weighted by Crippen LogP contribution is 1.98. The minimum absolute atomic E-state index is 0.813. The summed E-state index contributed by atoms with van der Waals surface area (Å²) in [5.41, 5.74) is 0. The van der Waals surface area contributed by atoms with E-state index in [0.29, 0.717) is 0 Å². The van der Waals surface area contributed by atoms with E-state index >= 15 is 0 Å². The maximum absolute atomic E-state index is 4.87. The van der Waals surface area contributed by atoms with Gasteiger partial charge >= 0.3 is 0 Å². The van der Waals surface area contributed by atoms with Gasteiger partial charge in [0.25, 0.3) is 0 Å². The molecule has 0 amide bonds. The quantitative estimate of drug-likeness (QED) is 0.425. The third-order valence-electron chi connectivity index (χ3n) is 0.884. The molecule has 2 nitrogen and oxygen atoms in total. The number of nitrogens with zero attached hydrogens (tertiary/aromatic N) is 1. The monoisotopic (exact) mass is 149 g/mol. The van der Waals surface area contributed by atoms with E-state index in [4.69, 9.17) is 4.74 Å². The van der Waals surface area contributed by atoms with E-state index in [1.54, 1.807) is 7.11 Å². The zero-order chi connectivity index (χ0) is 7.11. The molecule has 0 aliphatic heterocycles. The van der Waals surface area contributed by atoms with Crippen LogP contribution in [-0.4, -0.2) is 44.3 Å². The molecule has 0 unspecified atom stereocenters. The smallest absolute Gasteiger partial charge is 0.0917 e. The van der Waals surface area contributed by atoms with Crippen molar-refractivity contribution < 1.29 is 4.74 Å². The zero-order valence-electron chi connectivity index (χ0n) is 6.39. The molecule has 0 saturated heterocycles. The van der Waals surface area contributed by atoms with Crippen molar-refractivity contribution in [3.8, 4) is 0 Å². The highest BCUT2D eigenvalue weighted by atomic mass is 32.2. The van der Waals surface area contributed by atoms with Crippen LogP contribution in [0.4, 0.5) is 0 Å². The summed E-state index contributed by atoms with van der Waals surface area (Å²) >= 11 is 1.82. The molecule has 0 spiro atoms. The molecule has 0 aromatic carbocycles. The van der Waals surface area contributed by atoms with Gasteiger partial charge in [0.1, 0.15) is 0 Å². The highest BCUT2D eigenvalue weighted by molar-refractivity contribution is 7.99. The lowest BCUT2D eigenvalue weighted by molar-refractivity contribution is 0.258. The Hall–Kier alpha value is 0.270. The molecule has 0 aromatic rings. The second-order valence-corrected chi connectivity index (χ2v) is 3.17. The standard InChI is InChI=1S/C6H15NOS/c1-7(2)4-5-9-6-8-3/h4-6H2,1-3H3. The van der Waals surface area contributed by atoms with Crippen LogP contribution in [-0.2, 0) is 4.74 Å². The lowest BCUT2D eigenvalue weighted by Gasteiger charge is -2.07. The summed E-state index contributed by atoms with van der Waals surface area (Å²) in [7, 11) is 5.88. The van der Waals surface area contributed by atoms with Gasteiger partial charge in [0, 0.05) is 19.4 Å². The van der Waals surface area contributed by atoms with E-state index in [2.05, 4.69) is 19.0 Å². The minimum Gasteiger partial charge on any atom is -0.374 e. The Morgan fingerprint density at radius 2 is 2.11 bits per heavy atom. The van der Waals surface area contributed by atoms with Crippen LogP contribution in [0, 0.1) is 0 Å². The predicted molar refractivity (Wildman–Crippen MR) is 42.9 cm³/mol. The first-order chi connectivity index (χ1) is 4.27. The molecule has 0 radical (unpaired) electrons. The number of thioether (sulfide) groups is 1. The first-order valence-corrected chi connectivity index (χ1v) is 4.14. The average Bonchev–Trinajstić information content (AvgIpc) is 1.80. The van der Waals surface area contributed by atoms with E-state index in [0.717, 1.165) is 18.2 Å². The summed E-state index contributed by atoms with van der Waals surface area (Å²) in [5.74, 6) is 1.97. The summed E-state index contributed by atoms with van der Waals surface area (Å²) in [6.07, 6.45) is 0. The predicted octanol–water partition coefficient (Wildman–Crippen LogP) is 0.885. The number of hydrogen-bond acceptors (Lipinski definition) is 3. The lowest BCUT2D eigenvalue weighted by Crippen LogP contribution is -2.15. The summed E-state index contributed by atoms with van der Waals surface area (Å²) < 4.78 is 4.87. The topological polar surface area (TPSA) is 12.5 Å². The fourth-order valence-corrected chi connectivity index (χ4v) is 1.17. The molecule has 9 heavy (non-hydrogen) atoms. The Balaban J connectivity index is 2.75. The fourth-order valence-electron chi connectivity index (χ4n) is 0.389. The van der Waals surface area contributed by atoms with Crippen LogP contribution >= 0.6 is 11.8 Å². The zero-order valence-corrected chi connectivity index (χ0v) is 7.20. The molecule has 0 fully saturated rings. The first-order valence-electron chi connectivity index (χ1n) is 2.98. The molecule has 56 valence electrons. The van der Waals surface area contributed by atoms with Crippen LogP contribution in [0.2, 0.25) is 0 Å². The van der Waals surface area contributed by atoms with Gasteiger partial charge in [0.2, 0.25) is 0 Å². The van der Waals surface area contributed by atoms with Crippen molar-refractivity contribution >= 4 is 11.8 Å². The van der Waals surface area contributed by atoms with Crippen LogP contribution in [0.1, 0.15) is 0 Å². The van der Waals surface area contributed by atoms with Crippen molar-refractivity contribution in [1.29, 1.82) is 0 Å². The lowest BCUT2D eigenvalue weighted by atomic mass is 10.7. The Morgan fingerprint density at radius 1 is 1.44 bits per heavy atom. The second kappa shape index (κ2) is 6.39. The van der Waals surface area contributed by atoms with Crippen LogP contribution in [0.5, 0.6) is 0 Å². The van der Waals surface area contributed by atoms with Crippen LogP contribution in [0.15, 0.2) is 0 Å². The molecule has 0 aliphatic rings. The molecular formula is C6H15NOS. The Morgan fingerprint density at radius 3 is 2.56 bits per heavy atom. The van der Waals surface area contributed by atoms with Gasteiger partial charge in [-0.25, -0.2) is 0 Å². The van der Waals surface area contributed by atoms with Crippen molar-refractivity contribution in [3.05, 3.63) is 0 Å². The second-order valence-electron chi connectivity index (χ2n) is 2.12. The van der Waals surface area contributed by atoms with Gasteiger partial charge in [-0.05, 0) is 14.1 Å². The maximum atomic E-state index is 4.87. The van der Waals surface area contributed by atoms with E-state index < -0.39 is 0 Å². The molecule has 3 heteroatoms. The van der Waals surface area contributed by atoms with Gasteiger partial charge in [-0.1, -0.05) is 0 Å². The van der Waals surface area contributed by atoms with Gasteiger partial charge in [-0.3, -0.25) is 0 Å². The Labute approximate surface area is 61.6 Å². The van der Waals surface area contributed by atoms with E-state index in [1.165, 1.54) is 0 Å². The average molecular weight is 149 g/mol. The molecule has 0 bridgehead atoms. The van der Waals surface area contributed by atoms with Crippen LogP contribution in [0.25, 0.3) is 0 Å². The fraction of sp³-hybridized carbons (Fsp3) is 1.00. The maximum Gasteiger partial charge on any atom is 0.0917 e. The van der Waals surface area contributed by atoms with Gasteiger partial charge in [0.15, 0.2) is 0 Å². The highest BCUT2D eigenvalue weighted by Gasteiger charge is 1.88. The molecule has 0 atom stereocenters. The number of hydrogen-bond donors (Lipinski definition) is 0. The largest absolute Gasteiger partial charge is 0.374 e. The SMILES string of the molecule is COCSCCN(C)C. The van der Waals surface area contributed by atoms with Gasteiger partial charge in [0.05, 0.1) is 5.94 Å². The molecule has 0 aliphatic carbocycles. The van der Waals surface area contributed by atoms with Crippen molar-refractivity contribution in [2.45, 2.75) is 0 Å². The van der Waals surface area contributed by atoms with E-state index in [1.807, 2.05) is 11.8 Å². The van der Waals surface area contributed by atoms with Crippen LogP contribution in [0.3, 0.4) is 0 Å². The molecule has 0 saturated carbocycles. The first kappa shape index (κ1) is 9.27. The summed E-state index contributed by atoms with van der Waals surface area (Å²) in [6.45, 7) is 1.13. The molecule has 0 heterocycles. The van der Waals surface area contributed by atoms with Crippen molar-refractivity contribution in [3.63, 3.8) is 0 Å². The molecule has 0 N–H and O–H groups in total. The number of ether oxygens (including phenoxy) is 1. The van der Waals surface area contributed by atoms with Crippen molar-refractivity contribution in [1.82, 2.24) is 4.90 Å². The van der Waals surface area contributed by atoms with Crippen molar-refractivity contribution in [2.24, 2.45) is 0 Å². The van der Waals surface area contributed by atoms with Crippen LogP contribution < -0.4 is 0 Å². The normalized spacial score (nSPS) is 10.7. The van der Waals surface area contributed by atoms with E-state index in [-0.39, 0.29) is 0 Å². The molecule has 0 rings (SSSR count). The summed E-state index contributed by atoms with van der Waals surface area (Å²) in [6, 6.07) is 0. The number of methoxy groups -OCH3 is 1. The Kier molecular flexibility index (Phi) is 6.58. The third-order valence-corrected chi connectivity index (χ3v) is 1.76. The molecular weight excluding hydrogens is 134 g/mol. The van der Waals surface area contributed by atoms with Gasteiger partial charge < -0.3 is 9.64 Å².